The van der Waals surface area contributed by atoms with Gasteiger partial charge in [-0.15, -0.1) is 0 Å². The first kappa shape index (κ1) is 20.1. The zero-order valence-electron chi connectivity index (χ0n) is 16.5. The lowest BCUT2D eigenvalue weighted by Gasteiger charge is -2.22. The fourth-order valence-electron chi connectivity index (χ4n) is 2.89. The summed E-state index contributed by atoms with van der Waals surface area (Å²) in [4.78, 5) is 18.7. The maximum atomic E-state index is 12.9. The van der Waals surface area contributed by atoms with E-state index in [0.717, 1.165) is 22.6 Å². The van der Waals surface area contributed by atoms with Crippen LogP contribution in [0.2, 0.25) is 0 Å². The highest BCUT2D eigenvalue weighted by molar-refractivity contribution is 5.94. The molecule has 3 rings (SSSR count). The van der Waals surface area contributed by atoms with Crippen LogP contribution in [0.5, 0.6) is 5.75 Å². The van der Waals surface area contributed by atoms with Crippen LogP contribution in [0.4, 0.5) is 0 Å². The Morgan fingerprint density at radius 3 is 2.66 bits per heavy atom. The van der Waals surface area contributed by atoms with Crippen LogP contribution in [0.25, 0.3) is 0 Å². The minimum Gasteiger partial charge on any atom is -0.489 e. The second-order valence-electron chi connectivity index (χ2n) is 6.61. The Morgan fingerprint density at radius 1 is 1.24 bits per heavy atom. The summed E-state index contributed by atoms with van der Waals surface area (Å²) in [5, 5.41) is 12.8. The molecule has 29 heavy (non-hydrogen) atoms. The van der Waals surface area contributed by atoms with Crippen LogP contribution in [0, 0.1) is 25.2 Å². The predicted molar refractivity (Wildman–Crippen MR) is 106 cm³/mol. The number of ether oxygens (including phenoxy) is 1. The SMILES string of the molecule is Cc1noc(C)c1COc1ccc(C(=O)N(CCC#N)Cc2cccnc2)cc1. The highest BCUT2D eigenvalue weighted by atomic mass is 16.5. The summed E-state index contributed by atoms with van der Waals surface area (Å²) in [6, 6.07) is 12.8. The van der Waals surface area contributed by atoms with Crippen LogP contribution in [-0.2, 0) is 13.2 Å². The Hall–Kier alpha value is -3.66. The number of nitriles is 1. The van der Waals surface area contributed by atoms with Crippen LogP contribution in [0.3, 0.4) is 0 Å². The maximum Gasteiger partial charge on any atom is 0.254 e. The number of carbonyl (C=O) groups excluding carboxylic acids is 1. The fraction of sp³-hybridized carbons (Fsp3) is 0.273. The van der Waals surface area contributed by atoms with Crippen molar-refractivity contribution in [3.05, 3.63) is 76.9 Å². The number of pyridine rings is 1. The number of hydrogen-bond donors (Lipinski definition) is 0. The first-order valence-corrected chi connectivity index (χ1v) is 9.28. The van der Waals surface area contributed by atoms with Crippen molar-refractivity contribution in [1.82, 2.24) is 15.0 Å². The van der Waals surface area contributed by atoms with Gasteiger partial charge in [0.1, 0.15) is 18.1 Å². The van der Waals surface area contributed by atoms with E-state index in [9.17, 15) is 4.79 Å². The number of hydrogen-bond acceptors (Lipinski definition) is 6. The predicted octanol–water partition coefficient (Wildman–Crippen LogP) is 3.82. The van der Waals surface area contributed by atoms with Gasteiger partial charge in [-0.05, 0) is 49.7 Å². The van der Waals surface area contributed by atoms with Gasteiger partial charge in [-0.3, -0.25) is 9.78 Å². The average molecular weight is 390 g/mol. The van der Waals surface area contributed by atoms with Gasteiger partial charge in [0, 0.05) is 31.0 Å². The fourth-order valence-corrected chi connectivity index (χ4v) is 2.89. The van der Waals surface area contributed by atoms with Gasteiger partial charge in [0.25, 0.3) is 5.91 Å². The van der Waals surface area contributed by atoms with Crippen LogP contribution in [0.1, 0.15) is 39.4 Å². The van der Waals surface area contributed by atoms with Crippen molar-refractivity contribution in [1.29, 1.82) is 5.26 Å². The average Bonchev–Trinajstić information content (AvgIpc) is 3.07. The molecule has 0 unspecified atom stereocenters. The molecule has 3 aromatic rings. The summed E-state index contributed by atoms with van der Waals surface area (Å²) >= 11 is 0. The molecule has 0 saturated carbocycles. The lowest BCUT2D eigenvalue weighted by molar-refractivity contribution is 0.0746. The van der Waals surface area contributed by atoms with Crippen molar-refractivity contribution >= 4 is 5.91 Å². The highest BCUT2D eigenvalue weighted by Gasteiger charge is 2.16. The Bertz CT molecular complexity index is 972. The third-order valence-corrected chi connectivity index (χ3v) is 4.54. The molecule has 2 aromatic heterocycles. The lowest BCUT2D eigenvalue weighted by Crippen LogP contribution is -2.31. The molecule has 1 amide bonds. The molecule has 1 aromatic carbocycles. The van der Waals surface area contributed by atoms with Crippen molar-refractivity contribution < 1.29 is 14.1 Å². The van der Waals surface area contributed by atoms with E-state index in [-0.39, 0.29) is 12.3 Å². The zero-order chi connectivity index (χ0) is 20.6. The number of nitrogens with zero attached hydrogens (tertiary/aromatic N) is 4. The summed E-state index contributed by atoms with van der Waals surface area (Å²) in [6.07, 6.45) is 3.68. The van der Waals surface area contributed by atoms with E-state index in [1.54, 1.807) is 41.6 Å². The molecule has 7 nitrogen and oxygen atoms in total. The minimum atomic E-state index is -0.138. The van der Waals surface area contributed by atoms with E-state index in [0.29, 0.717) is 31.0 Å². The topological polar surface area (TPSA) is 92.3 Å². The van der Waals surface area contributed by atoms with Gasteiger partial charge in [0.05, 0.1) is 23.7 Å². The zero-order valence-corrected chi connectivity index (χ0v) is 16.5. The van der Waals surface area contributed by atoms with Crippen molar-refractivity contribution in [2.24, 2.45) is 0 Å². The molecule has 0 spiro atoms. The van der Waals surface area contributed by atoms with Gasteiger partial charge in [0.2, 0.25) is 0 Å². The molecule has 148 valence electrons. The summed E-state index contributed by atoms with van der Waals surface area (Å²) in [5.74, 6) is 1.25. The van der Waals surface area contributed by atoms with E-state index in [1.165, 1.54) is 0 Å². The first-order valence-electron chi connectivity index (χ1n) is 9.28. The molecule has 0 fully saturated rings. The third-order valence-electron chi connectivity index (χ3n) is 4.54. The first-order chi connectivity index (χ1) is 14.1. The van der Waals surface area contributed by atoms with Gasteiger partial charge < -0.3 is 14.2 Å². The van der Waals surface area contributed by atoms with Crippen molar-refractivity contribution in [3.63, 3.8) is 0 Å². The van der Waals surface area contributed by atoms with Gasteiger partial charge in [-0.1, -0.05) is 11.2 Å². The molecule has 0 bridgehead atoms. The van der Waals surface area contributed by atoms with Crippen molar-refractivity contribution in [2.45, 2.75) is 33.4 Å². The number of aromatic nitrogens is 2. The van der Waals surface area contributed by atoms with E-state index in [1.807, 2.05) is 26.0 Å². The molecule has 7 heteroatoms. The lowest BCUT2D eigenvalue weighted by atomic mass is 10.1. The molecule has 0 aliphatic carbocycles. The second-order valence-corrected chi connectivity index (χ2v) is 6.61. The number of carbonyl (C=O) groups is 1. The Kier molecular flexibility index (Phi) is 6.59. The summed E-state index contributed by atoms with van der Waals surface area (Å²) in [5.41, 5.74) is 3.18. The third kappa shape index (κ3) is 5.20. The van der Waals surface area contributed by atoms with E-state index in [4.69, 9.17) is 14.5 Å². The molecular weight excluding hydrogens is 368 g/mol. The normalized spacial score (nSPS) is 10.4. The number of amides is 1. The van der Waals surface area contributed by atoms with E-state index < -0.39 is 0 Å². The highest BCUT2D eigenvalue weighted by Crippen LogP contribution is 2.19. The van der Waals surface area contributed by atoms with Gasteiger partial charge in [-0.2, -0.15) is 5.26 Å². The van der Waals surface area contributed by atoms with Crippen LogP contribution < -0.4 is 4.74 Å². The Balaban J connectivity index is 1.67. The monoisotopic (exact) mass is 390 g/mol. The van der Waals surface area contributed by atoms with E-state index in [2.05, 4.69) is 16.2 Å². The Labute approximate surface area is 169 Å². The van der Waals surface area contributed by atoms with Crippen molar-refractivity contribution in [3.8, 4) is 11.8 Å². The van der Waals surface area contributed by atoms with Gasteiger partial charge in [-0.25, -0.2) is 0 Å². The molecule has 0 saturated heterocycles. The number of rotatable bonds is 8. The number of aryl methyl sites for hydroxylation is 2. The quantitative estimate of drug-likeness (QED) is 0.580. The van der Waals surface area contributed by atoms with Crippen LogP contribution in [-0.4, -0.2) is 27.5 Å². The molecular formula is C22H22N4O3. The minimum absolute atomic E-state index is 0.138. The molecule has 0 aliphatic rings. The second kappa shape index (κ2) is 9.51. The van der Waals surface area contributed by atoms with Crippen molar-refractivity contribution in [2.75, 3.05) is 6.54 Å². The molecule has 0 atom stereocenters. The summed E-state index contributed by atoms with van der Waals surface area (Å²) in [7, 11) is 0. The summed E-state index contributed by atoms with van der Waals surface area (Å²) in [6.45, 7) is 4.82. The van der Waals surface area contributed by atoms with Crippen LogP contribution in [0.15, 0.2) is 53.3 Å². The summed E-state index contributed by atoms with van der Waals surface area (Å²) < 4.78 is 10.9. The van der Waals surface area contributed by atoms with Crippen LogP contribution >= 0.6 is 0 Å². The largest absolute Gasteiger partial charge is 0.489 e. The molecule has 2 heterocycles. The number of benzene rings is 1. The molecule has 0 N–H and O–H groups in total. The smallest absolute Gasteiger partial charge is 0.254 e. The molecule has 0 aliphatic heterocycles. The Morgan fingerprint density at radius 2 is 2.03 bits per heavy atom. The van der Waals surface area contributed by atoms with Gasteiger partial charge >= 0.3 is 0 Å². The molecule has 0 radical (unpaired) electrons. The standard InChI is InChI=1S/C22H22N4O3/c1-16-21(17(2)29-25-16)15-28-20-8-6-19(7-9-20)22(27)26(12-4-10-23)14-18-5-3-11-24-13-18/h3,5-9,11,13H,4,12,14-15H2,1-2H3. The van der Waals surface area contributed by atoms with Gasteiger partial charge in [0.15, 0.2) is 0 Å². The van der Waals surface area contributed by atoms with E-state index >= 15 is 0 Å². The maximum absolute atomic E-state index is 12.9.